The van der Waals surface area contributed by atoms with Crippen LogP contribution in [0.1, 0.15) is 40.0 Å². The molecule has 0 aromatic carbocycles. The summed E-state index contributed by atoms with van der Waals surface area (Å²) < 4.78 is 0.982. The van der Waals surface area contributed by atoms with Crippen molar-refractivity contribution in [1.29, 1.82) is 0 Å². The van der Waals surface area contributed by atoms with Gasteiger partial charge in [-0.25, -0.2) is 4.98 Å². The summed E-state index contributed by atoms with van der Waals surface area (Å²) in [5.41, 5.74) is 0. The Bertz CT molecular complexity index is 424. The highest BCUT2D eigenvalue weighted by Gasteiger charge is 2.25. The number of aromatic nitrogens is 2. The molecular formula is C14H23BrN4. The van der Waals surface area contributed by atoms with Crippen molar-refractivity contribution in [3.8, 4) is 0 Å². The maximum atomic E-state index is 4.67. The predicted octanol–water partition coefficient (Wildman–Crippen LogP) is 3.69. The Morgan fingerprint density at radius 3 is 2.95 bits per heavy atom. The van der Waals surface area contributed by atoms with Gasteiger partial charge in [0.1, 0.15) is 5.82 Å². The van der Waals surface area contributed by atoms with Crippen molar-refractivity contribution in [3.63, 3.8) is 0 Å². The van der Waals surface area contributed by atoms with E-state index in [1.54, 1.807) is 0 Å². The first kappa shape index (κ1) is 14.6. The Morgan fingerprint density at radius 1 is 1.47 bits per heavy atom. The molecule has 106 valence electrons. The first-order valence-corrected chi connectivity index (χ1v) is 7.94. The molecule has 0 spiro atoms. The summed E-state index contributed by atoms with van der Waals surface area (Å²) in [5, 5.41) is 3.25. The van der Waals surface area contributed by atoms with Crippen molar-refractivity contribution in [2.45, 2.75) is 46.1 Å². The highest BCUT2D eigenvalue weighted by atomic mass is 79.9. The van der Waals surface area contributed by atoms with Crippen molar-refractivity contribution in [2.75, 3.05) is 23.3 Å². The van der Waals surface area contributed by atoms with Crippen LogP contribution in [0.25, 0.3) is 0 Å². The first-order valence-electron chi connectivity index (χ1n) is 7.14. The fourth-order valence-electron chi connectivity index (χ4n) is 2.60. The molecule has 1 aliphatic heterocycles. The molecule has 4 nitrogen and oxygen atoms in total. The normalized spacial score (nSPS) is 23.5. The number of piperidine rings is 1. The summed E-state index contributed by atoms with van der Waals surface area (Å²) in [6, 6.07) is 0.536. The van der Waals surface area contributed by atoms with E-state index in [0.29, 0.717) is 6.04 Å². The second kappa shape index (κ2) is 6.55. The zero-order chi connectivity index (χ0) is 13.8. The molecule has 1 N–H and O–H groups in total. The molecule has 5 heteroatoms. The third kappa shape index (κ3) is 3.59. The van der Waals surface area contributed by atoms with Crippen molar-refractivity contribution < 1.29 is 0 Å². The third-order valence-electron chi connectivity index (χ3n) is 3.67. The van der Waals surface area contributed by atoms with Gasteiger partial charge in [-0.1, -0.05) is 13.8 Å². The van der Waals surface area contributed by atoms with Crippen molar-refractivity contribution in [3.05, 3.63) is 10.7 Å². The van der Waals surface area contributed by atoms with Gasteiger partial charge in [-0.2, -0.15) is 4.98 Å². The number of hydrogen-bond acceptors (Lipinski definition) is 4. The van der Waals surface area contributed by atoms with Gasteiger partial charge in [0.25, 0.3) is 0 Å². The lowest BCUT2D eigenvalue weighted by atomic mass is 9.93. The molecule has 0 bridgehead atoms. The van der Waals surface area contributed by atoms with Gasteiger partial charge in [0, 0.05) is 25.3 Å². The maximum absolute atomic E-state index is 4.67. The Hall–Kier alpha value is -0.840. The van der Waals surface area contributed by atoms with Crippen LogP contribution in [0.15, 0.2) is 10.7 Å². The fourth-order valence-corrected chi connectivity index (χ4v) is 3.02. The zero-order valence-electron chi connectivity index (χ0n) is 12.0. The lowest BCUT2D eigenvalue weighted by Gasteiger charge is -2.37. The number of nitrogens with zero attached hydrogens (tertiary/aromatic N) is 3. The van der Waals surface area contributed by atoms with Gasteiger partial charge in [-0.15, -0.1) is 0 Å². The molecule has 1 aromatic heterocycles. The third-order valence-corrected chi connectivity index (χ3v) is 4.23. The minimum absolute atomic E-state index is 0.536. The quantitative estimate of drug-likeness (QED) is 0.916. The summed E-state index contributed by atoms with van der Waals surface area (Å²) in [4.78, 5) is 11.4. The van der Waals surface area contributed by atoms with Crippen LogP contribution in [0.3, 0.4) is 0 Å². The summed E-state index contributed by atoms with van der Waals surface area (Å²) in [5.74, 6) is 2.56. The molecule has 2 heterocycles. The Morgan fingerprint density at radius 2 is 2.26 bits per heavy atom. The average molecular weight is 327 g/mol. The van der Waals surface area contributed by atoms with Gasteiger partial charge < -0.3 is 10.2 Å². The van der Waals surface area contributed by atoms with Gasteiger partial charge in [-0.05, 0) is 48.0 Å². The van der Waals surface area contributed by atoms with Crippen LogP contribution in [-0.2, 0) is 0 Å². The monoisotopic (exact) mass is 326 g/mol. The van der Waals surface area contributed by atoms with Crippen molar-refractivity contribution in [1.82, 2.24) is 9.97 Å². The zero-order valence-corrected chi connectivity index (χ0v) is 13.6. The number of nitrogens with one attached hydrogen (secondary N) is 1. The molecule has 0 saturated carbocycles. The summed E-state index contributed by atoms with van der Waals surface area (Å²) in [7, 11) is 0. The molecule has 0 radical (unpaired) electrons. The molecular weight excluding hydrogens is 304 g/mol. The van der Waals surface area contributed by atoms with Gasteiger partial charge in [0.15, 0.2) is 0 Å². The minimum Gasteiger partial charge on any atom is -0.354 e. The predicted molar refractivity (Wildman–Crippen MR) is 83.7 cm³/mol. The second-order valence-corrected chi connectivity index (χ2v) is 6.32. The molecule has 1 saturated heterocycles. The van der Waals surface area contributed by atoms with E-state index in [1.807, 2.05) is 6.20 Å². The van der Waals surface area contributed by atoms with Crippen LogP contribution in [0.4, 0.5) is 11.8 Å². The average Bonchev–Trinajstić information content (AvgIpc) is 2.38. The second-order valence-electron chi connectivity index (χ2n) is 5.46. The maximum Gasteiger partial charge on any atom is 0.224 e. The Balaban J connectivity index is 2.18. The number of rotatable bonds is 4. The molecule has 1 fully saturated rings. The smallest absolute Gasteiger partial charge is 0.224 e. The standard InChI is InChI=1S/C14H23BrN4/c1-4-6-16-14-17-9-12(15)13(18-14)19-7-5-10(2)8-11(19)3/h9-11H,4-8H2,1-3H3,(H,16,17,18). The highest BCUT2D eigenvalue weighted by molar-refractivity contribution is 9.10. The Labute approximate surface area is 124 Å². The van der Waals surface area contributed by atoms with E-state index in [1.165, 1.54) is 12.8 Å². The number of halogens is 1. The molecule has 2 unspecified atom stereocenters. The summed E-state index contributed by atoms with van der Waals surface area (Å²) in [6.07, 6.45) is 5.39. The van der Waals surface area contributed by atoms with Gasteiger partial charge >= 0.3 is 0 Å². The summed E-state index contributed by atoms with van der Waals surface area (Å²) in [6.45, 7) is 8.74. The van der Waals surface area contributed by atoms with Gasteiger partial charge in [0.05, 0.1) is 4.47 Å². The molecule has 0 amide bonds. The topological polar surface area (TPSA) is 41.1 Å². The van der Waals surface area contributed by atoms with Crippen LogP contribution in [0.5, 0.6) is 0 Å². The molecule has 0 aliphatic carbocycles. The van der Waals surface area contributed by atoms with Crippen LogP contribution in [-0.4, -0.2) is 29.1 Å². The molecule has 2 atom stereocenters. The molecule has 1 aliphatic rings. The van der Waals surface area contributed by atoms with E-state index >= 15 is 0 Å². The lowest BCUT2D eigenvalue weighted by molar-refractivity contribution is 0.375. The summed E-state index contributed by atoms with van der Waals surface area (Å²) >= 11 is 3.58. The van der Waals surface area contributed by atoms with Crippen LogP contribution in [0.2, 0.25) is 0 Å². The van der Waals surface area contributed by atoms with E-state index in [0.717, 1.165) is 41.7 Å². The van der Waals surface area contributed by atoms with Gasteiger partial charge in [-0.3, -0.25) is 0 Å². The van der Waals surface area contributed by atoms with E-state index < -0.39 is 0 Å². The number of hydrogen-bond donors (Lipinski definition) is 1. The van der Waals surface area contributed by atoms with E-state index in [4.69, 9.17) is 0 Å². The van der Waals surface area contributed by atoms with Crippen LogP contribution in [0, 0.1) is 5.92 Å². The van der Waals surface area contributed by atoms with Crippen molar-refractivity contribution in [2.24, 2.45) is 5.92 Å². The van der Waals surface area contributed by atoms with E-state index in [2.05, 4.69) is 56.9 Å². The molecule has 1 aromatic rings. The van der Waals surface area contributed by atoms with E-state index in [-0.39, 0.29) is 0 Å². The fraction of sp³-hybridized carbons (Fsp3) is 0.714. The molecule has 19 heavy (non-hydrogen) atoms. The largest absolute Gasteiger partial charge is 0.354 e. The van der Waals surface area contributed by atoms with Crippen LogP contribution >= 0.6 is 15.9 Å². The van der Waals surface area contributed by atoms with Gasteiger partial charge in [0.2, 0.25) is 5.95 Å². The highest BCUT2D eigenvalue weighted by Crippen LogP contribution is 2.31. The first-order chi connectivity index (χ1) is 9.11. The minimum atomic E-state index is 0.536. The number of anilines is 2. The van der Waals surface area contributed by atoms with Crippen molar-refractivity contribution >= 4 is 27.7 Å². The SMILES string of the molecule is CCCNc1ncc(Br)c(N2CCC(C)CC2C)n1. The van der Waals surface area contributed by atoms with Crippen LogP contribution < -0.4 is 10.2 Å². The Kier molecular flexibility index (Phi) is 5.02. The van der Waals surface area contributed by atoms with E-state index in [9.17, 15) is 0 Å². The molecule has 2 rings (SSSR count). The lowest BCUT2D eigenvalue weighted by Crippen LogP contribution is -2.41.